The van der Waals surface area contributed by atoms with Crippen molar-refractivity contribution in [1.82, 2.24) is 9.88 Å². The van der Waals surface area contributed by atoms with Crippen molar-refractivity contribution >= 4 is 102 Å². The van der Waals surface area contributed by atoms with E-state index in [9.17, 15) is 0 Å². The molecule has 0 saturated heterocycles. The summed E-state index contributed by atoms with van der Waals surface area (Å²) < 4.78 is 5.27. The third-order valence-corrected chi connectivity index (χ3v) is 12.6. The van der Waals surface area contributed by atoms with Gasteiger partial charge in [0.1, 0.15) is 0 Å². The largest absolute Gasteiger partial charge is 0.352 e. The average molecular weight is 682 g/mol. The van der Waals surface area contributed by atoms with Crippen molar-refractivity contribution in [2.75, 3.05) is 5.32 Å². The molecule has 52 heavy (non-hydrogen) atoms. The molecule has 0 spiro atoms. The Balaban J connectivity index is 1.25. The molecule has 2 aromatic heterocycles. The second-order valence-corrected chi connectivity index (χ2v) is 15.1. The van der Waals surface area contributed by atoms with Crippen LogP contribution in [0, 0.1) is 0 Å². The van der Waals surface area contributed by atoms with Crippen LogP contribution in [0.5, 0.6) is 0 Å². The van der Waals surface area contributed by atoms with Crippen LogP contribution in [0.3, 0.4) is 0 Å². The standard InChI is InChI=1S/C48H31N3S/c1-4-16-31-28(12-1)15-11-22-35(31)44-39-27-25-29-13-2-5-17-32(29)43(39)49-48(50-44)51-45-33-18-6-3-14-30(33)24-26-38(45)42-46(51)36-20-8-7-19-34(36)41-37-21-9-10-23-40(37)52-47(41)42/h1-27,44,48-50H. The lowest BCUT2D eigenvalue weighted by molar-refractivity contribution is 0.420. The van der Waals surface area contributed by atoms with Crippen LogP contribution in [0.1, 0.15) is 23.5 Å². The Kier molecular flexibility index (Phi) is 5.84. The molecule has 11 aromatic rings. The van der Waals surface area contributed by atoms with Crippen LogP contribution in [0.25, 0.3) is 85.1 Å². The number of aromatic nitrogens is 1. The highest BCUT2D eigenvalue weighted by Crippen LogP contribution is 2.50. The number of hydrogen-bond acceptors (Lipinski definition) is 3. The first-order chi connectivity index (χ1) is 25.8. The van der Waals surface area contributed by atoms with E-state index in [1.165, 1.54) is 102 Å². The molecule has 2 atom stereocenters. The molecule has 0 fully saturated rings. The van der Waals surface area contributed by atoms with E-state index in [-0.39, 0.29) is 12.3 Å². The van der Waals surface area contributed by atoms with E-state index in [0.29, 0.717) is 0 Å². The number of nitrogens with one attached hydrogen (secondary N) is 2. The normalized spacial score (nSPS) is 16.2. The SMILES string of the molecule is c1ccc2c(C3NC(n4c5c6ccccc6ccc5c5c6sc7ccccc7c6c6ccccc6c54)Nc4c3ccc3ccccc43)cccc2c1. The molecule has 0 radical (unpaired) electrons. The van der Waals surface area contributed by atoms with Crippen LogP contribution in [-0.2, 0) is 0 Å². The molecule has 9 aromatic carbocycles. The number of rotatable bonds is 2. The number of thiophene rings is 1. The fourth-order valence-electron chi connectivity index (χ4n) is 9.24. The van der Waals surface area contributed by atoms with Gasteiger partial charge < -0.3 is 9.88 Å². The van der Waals surface area contributed by atoms with Crippen molar-refractivity contribution in [2.45, 2.75) is 12.3 Å². The molecular weight excluding hydrogens is 651 g/mol. The van der Waals surface area contributed by atoms with Gasteiger partial charge in [-0.25, -0.2) is 0 Å². The van der Waals surface area contributed by atoms with Gasteiger partial charge in [-0.15, -0.1) is 11.3 Å². The zero-order valence-electron chi connectivity index (χ0n) is 28.1. The average Bonchev–Trinajstić information content (AvgIpc) is 3.77. The van der Waals surface area contributed by atoms with E-state index in [2.05, 4.69) is 179 Å². The summed E-state index contributed by atoms with van der Waals surface area (Å²) in [6, 6.07) is 60.3. The molecule has 3 heterocycles. The monoisotopic (exact) mass is 681 g/mol. The van der Waals surface area contributed by atoms with Crippen molar-refractivity contribution < 1.29 is 0 Å². The lowest BCUT2D eigenvalue weighted by Crippen LogP contribution is -2.40. The number of nitrogens with zero attached hydrogens (tertiary/aromatic N) is 1. The van der Waals surface area contributed by atoms with E-state index in [1.807, 2.05) is 11.3 Å². The van der Waals surface area contributed by atoms with E-state index >= 15 is 0 Å². The Morgan fingerprint density at radius 3 is 1.87 bits per heavy atom. The van der Waals surface area contributed by atoms with Crippen LogP contribution in [0.2, 0.25) is 0 Å². The first-order valence-electron chi connectivity index (χ1n) is 18.0. The Morgan fingerprint density at radius 2 is 1.04 bits per heavy atom. The van der Waals surface area contributed by atoms with Gasteiger partial charge in [-0.3, -0.25) is 5.32 Å². The van der Waals surface area contributed by atoms with Gasteiger partial charge in [-0.2, -0.15) is 0 Å². The molecule has 0 bridgehead atoms. The maximum atomic E-state index is 4.23. The number of benzene rings is 9. The van der Waals surface area contributed by atoms with E-state index in [1.54, 1.807) is 0 Å². The van der Waals surface area contributed by atoms with Gasteiger partial charge in [0.2, 0.25) is 0 Å². The minimum atomic E-state index is -0.261. The van der Waals surface area contributed by atoms with E-state index in [4.69, 9.17) is 0 Å². The minimum Gasteiger partial charge on any atom is -0.352 e. The first kappa shape index (κ1) is 28.5. The van der Waals surface area contributed by atoms with Crippen LogP contribution >= 0.6 is 11.3 Å². The van der Waals surface area contributed by atoms with Gasteiger partial charge in [-0.1, -0.05) is 158 Å². The van der Waals surface area contributed by atoms with Crippen molar-refractivity contribution in [1.29, 1.82) is 0 Å². The summed E-state index contributed by atoms with van der Waals surface area (Å²) in [5.74, 6) is 0. The van der Waals surface area contributed by atoms with E-state index < -0.39 is 0 Å². The molecule has 2 unspecified atom stereocenters. The molecule has 0 amide bonds. The van der Waals surface area contributed by atoms with Crippen LogP contribution < -0.4 is 10.6 Å². The van der Waals surface area contributed by atoms with Crippen molar-refractivity contribution in [3.63, 3.8) is 0 Å². The Hall–Kier alpha value is -6.20. The van der Waals surface area contributed by atoms with Crippen molar-refractivity contribution in [2.24, 2.45) is 0 Å². The van der Waals surface area contributed by atoms with Gasteiger partial charge >= 0.3 is 0 Å². The Morgan fingerprint density at radius 1 is 0.423 bits per heavy atom. The lowest BCUT2D eigenvalue weighted by Gasteiger charge is -2.38. The quantitative estimate of drug-likeness (QED) is 0.190. The molecular formula is C48H31N3S. The summed E-state index contributed by atoms with van der Waals surface area (Å²) in [5.41, 5.74) is 6.22. The molecule has 4 heteroatoms. The first-order valence-corrected chi connectivity index (χ1v) is 18.8. The topological polar surface area (TPSA) is 29.0 Å². The third kappa shape index (κ3) is 3.83. The fourth-order valence-corrected chi connectivity index (χ4v) is 10.5. The van der Waals surface area contributed by atoms with Crippen molar-refractivity contribution in [3.8, 4) is 0 Å². The van der Waals surface area contributed by atoms with Crippen LogP contribution in [0.15, 0.2) is 164 Å². The lowest BCUT2D eigenvalue weighted by atomic mass is 9.89. The van der Waals surface area contributed by atoms with Crippen molar-refractivity contribution in [3.05, 3.63) is 175 Å². The Labute approximate surface area is 303 Å². The fraction of sp³-hybridized carbons (Fsp3) is 0.0417. The Bertz CT molecular complexity index is 3270. The molecule has 12 rings (SSSR count). The van der Waals surface area contributed by atoms with E-state index in [0.717, 1.165) is 0 Å². The highest BCUT2D eigenvalue weighted by atomic mass is 32.1. The predicted molar refractivity (Wildman–Crippen MR) is 223 cm³/mol. The highest BCUT2D eigenvalue weighted by Gasteiger charge is 2.33. The maximum Gasteiger partial charge on any atom is 0.160 e. The van der Waals surface area contributed by atoms with Crippen LogP contribution in [-0.4, -0.2) is 4.57 Å². The zero-order chi connectivity index (χ0) is 33.9. The number of fused-ring (bicyclic) bond motifs is 16. The zero-order valence-corrected chi connectivity index (χ0v) is 28.9. The number of hydrogen-bond donors (Lipinski definition) is 2. The summed E-state index contributed by atoms with van der Waals surface area (Å²) >= 11 is 1.92. The summed E-state index contributed by atoms with van der Waals surface area (Å²) in [4.78, 5) is 0. The molecule has 244 valence electrons. The summed E-state index contributed by atoms with van der Waals surface area (Å²) in [6.07, 6.45) is -0.261. The second kappa shape index (κ2) is 10.7. The molecule has 3 nitrogen and oxygen atoms in total. The molecule has 0 aliphatic carbocycles. The predicted octanol–water partition coefficient (Wildman–Crippen LogP) is 13.0. The summed E-state index contributed by atoms with van der Waals surface area (Å²) in [5, 5.41) is 23.7. The highest BCUT2D eigenvalue weighted by molar-refractivity contribution is 7.27. The molecule has 1 aliphatic rings. The maximum absolute atomic E-state index is 4.23. The van der Waals surface area contributed by atoms with Gasteiger partial charge in [-0.05, 0) is 44.1 Å². The van der Waals surface area contributed by atoms with Gasteiger partial charge in [0.15, 0.2) is 6.29 Å². The number of anilines is 1. The molecule has 1 aliphatic heterocycles. The van der Waals surface area contributed by atoms with Gasteiger partial charge in [0.25, 0.3) is 0 Å². The third-order valence-electron chi connectivity index (χ3n) is 11.4. The van der Waals surface area contributed by atoms with Crippen LogP contribution in [0.4, 0.5) is 5.69 Å². The summed E-state index contributed by atoms with van der Waals surface area (Å²) in [7, 11) is 0. The smallest absolute Gasteiger partial charge is 0.160 e. The molecule has 0 saturated carbocycles. The minimum absolute atomic E-state index is 0.0567. The van der Waals surface area contributed by atoms with Gasteiger partial charge in [0, 0.05) is 52.8 Å². The van der Waals surface area contributed by atoms with Gasteiger partial charge in [0.05, 0.1) is 17.1 Å². The molecule has 2 N–H and O–H groups in total. The second-order valence-electron chi connectivity index (χ2n) is 14.1. The summed E-state index contributed by atoms with van der Waals surface area (Å²) in [6.45, 7) is 0.